The summed E-state index contributed by atoms with van der Waals surface area (Å²) in [4.78, 5) is 24.9. The first kappa shape index (κ1) is 15.3. The molecule has 1 amide bonds. The largest absolute Gasteiger partial charge is 0.480 e. The normalized spacial score (nSPS) is 29.1. The van der Waals surface area contributed by atoms with Crippen LogP contribution in [-0.4, -0.2) is 53.1 Å². The molecule has 1 saturated carbocycles. The number of carbonyl (C=O) groups is 2. The van der Waals surface area contributed by atoms with Crippen LogP contribution in [0.3, 0.4) is 0 Å². The molecule has 1 unspecified atom stereocenters. The first-order chi connectivity index (χ1) is 9.49. The van der Waals surface area contributed by atoms with Gasteiger partial charge in [0.05, 0.1) is 6.54 Å². The molecule has 2 rings (SSSR count). The highest BCUT2D eigenvalue weighted by molar-refractivity contribution is 5.81. The summed E-state index contributed by atoms with van der Waals surface area (Å²) in [5, 5.41) is 12.1. The molecule has 1 heterocycles. The first-order valence-corrected chi connectivity index (χ1v) is 7.54. The van der Waals surface area contributed by atoms with Gasteiger partial charge < -0.3 is 16.2 Å². The zero-order chi connectivity index (χ0) is 14.6. The van der Waals surface area contributed by atoms with Crippen molar-refractivity contribution in [2.45, 2.75) is 56.5 Å². The molecule has 20 heavy (non-hydrogen) atoms. The highest BCUT2D eigenvalue weighted by atomic mass is 16.4. The van der Waals surface area contributed by atoms with E-state index >= 15 is 0 Å². The van der Waals surface area contributed by atoms with E-state index in [1.165, 1.54) is 25.7 Å². The fourth-order valence-corrected chi connectivity index (χ4v) is 3.12. The third-order valence-corrected chi connectivity index (χ3v) is 4.39. The van der Waals surface area contributed by atoms with Crippen LogP contribution in [0.5, 0.6) is 0 Å². The zero-order valence-electron chi connectivity index (χ0n) is 11.9. The number of carboxylic acids is 1. The Balaban J connectivity index is 1.76. The van der Waals surface area contributed by atoms with E-state index in [1.54, 1.807) is 0 Å². The van der Waals surface area contributed by atoms with Gasteiger partial charge in [0.15, 0.2) is 0 Å². The van der Waals surface area contributed by atoms with Gasteiger partial charge in [-0.3, -0.25) is 14.5 Å². The number of nitrogens with one attached hydrogen (secondary N) is 1. The van der Waals surface area contributed by atoms with Gasteiger partial charge in [-0.15, -0.1) is 0 Å². The third kappa shape index (κ3) is 3.93. The van der Waals surface area contributed by atoms with Gasteiger partial charge in [0.2, 0.25) is 5.91 Å². The van der Waals surface area contributed by atoms with Crippen LogP contribution in [0.25, 0.3) is 0 Å². The molecule has 114 valence electrons. The highest BCUT2D eigenvalue weighted by Gasteiger charge is 2.41. The van der Waals surface area contributed by atoms with Crippen molar-refractivity contribution in [2.24, 2.45) is 5.73 Å². The average Bonchev–Trinajstić information content (AvgIpc) is 2.61. The Kier molecular flexibility index (Phi) is 4.99. The number of carboxylic acid groups (broad SMARTS) is 1. The predicted octanol–water partition coefficient (Wildman–Crippen LogP) is 0.313. The van der Waals surface area contributed by atoms with Crippen LogP contribution in [0, 0.1) is 0 Å². The van der Waals surface area contributed by atoms with Gasteiger partial charge in [0, 0.05) is 19.1 Å². The van der Waals surface area contributed by atoms with E-state index in [9.17, 15) is 9.59 Å². The molecule has 0 bridgehead atoms. The van der Waals surface area contributed by atoms with Crippen LogP contribution in [0.1, 0.15) is 44.9 Å². The molecule has 1 atom stereocenters. The lowest BCUT2D eigenvalue weighted by atomic mass is 10.0. The molecule has 1 aliphatic carbocycles. The van der Waals surface area contributed by atoms with E-state index < -0.39 is 11.5 Å². The lowest BCUT2D eigenvalue weighted by Crippen LogP contribution is -2.51. The number of aliphatic carboxylic acids is 1. The molecule has 6 nitrogen and oxygen atoms in total. The summed E-state index contributed by atoms with van der Waals surface area (Å²) < 4.78 is 0. The van der Waals surface area contributed by atoms with Crippen LogP contribution >= 0.6 is 0 Å². The molecule has 6 heteroatoms. The predicted molar refractivity (Wildman–Crippen MR) is 75.2 cm³/mol. The summed E-state index contributed by atoms with van der Waals surface area (Å²) in [6.45, 7) is 1.07. The minimum Gasteiger partial charge on any atom is -0.480 e. The van der Waals surface area contributed by atoms with Gasteiger partial charge in [-0.2, -0.15) is 0 Å². The second kappa shape index (κ2) is 6.54. The third-order valence-electron chi connectivity index (χ3n) is 4.39. The quantitative estimate of drug-likeness (QED) is 0.646. The number of hydrogen-bond donors (Lipinski definition) is 3. The summed E-state index contributed by atoms with van der Waals surface area (Å²) in [5.41, 5.74) is 4.61. The first-order valence-electron chi connectivity index (χ1n) is 7.54. The zero-order valence-corrected chi connectivity index (χ0v) is 11.9. The van der Waals surface area contributed by atoms with Crippen LogP contribution in [0.2, 0.25) is 0 Å². The summed E-state index contributed by atoms with van der Waals surface area (Å²) in [6.07, 6.45) is 7.39. The minimum absolute atomic E-state index is 0.00783. The summed E-state index contributed by atoms with van der Waals surface area (Å²) in [6, 6.07) is 0.287. The number of nitrogens with zero attached hydrogens (tertiary/aromatic N) is 1. The van der Waals surface area contributed by atoms with Gasteiger partial charge >= 0.3 is 5.97 Å². The maximum absolute atomic E-state index is 12.0. The molecule has 0 aromatic rings. The smallest absolute Gasteiger partial charge is 0.325 e. The molecule has 2 fully saturated rings. The van der Waals surface area contributed by atoms with E-state index in [1.807, 2.05) is 4.90 Å². The van der Waals surface area contributed by atoms with Crippen LogP contribution in [0.4, 0.5) is 0 Å². The average molecular weight is 283 g/mol. The van der Waals surface area contributed by atoms with Crippen molar-refractivity contribution in [1.29, 1.82) is 0 Å². The standard InChI is InChI=1S/C14H25N3O3/c15-14(13(19)20)7-8-17(10-14)9-12(18)16-11-5-3-1-2-4-6-11/h11H,1-10,15H2,(H,16,18)(H,19,20). The second-order valence-corrected chi connectivity index (χ2v) is 6.18. The highest BCUT2D eigenvalue weighted by Crippen LogP contribution is 2.19. The van der Waals surface area contributed by atoms with E-state index in [4.69, 9.17) is 10.8 Å². The van der Waals surface area contributed by atoms with Gasteiger partial charge in [0.25, 0.3) is 0 Å². The van der Waals surface area contributed by atoms with Crippen LogP contribution in [0.15, 0.2) is 0 Å². The maximum atomic E-state index is 12.0. The number of rotatable bonds is 4. The van der Waals surface area contributed by atoms with Crippen molar-refractivity contribution >= 4 is 11.9 Å². The molecular weight excluding hydrogens is 258 g/mol. The second-order valence-electron chi connectivity index (χ2n) is 6.18. The van der Waals surface area contributed by atoms with Crippen molar-refractivity contribution in [3.8, 4) is 0 Å². The Bertz CT molecular complexity index is 367. The molecule has 0 aromatic carbocycles. The summed E-state index contributed by atoms with van der Waals surface area (Å²) in [7, 11) is 0. The lowest BCUT2D eigenvalue weighted by molar-refractivity contribution is -0.143. The Morgan fingerprint density at radius 3 is 2.45 bits per heavy atom. The molecule has 1 saturated heterocycles. The van der Waals surface area contributed by atoms with Gasteiger partial charge in [0.1, 0.15) is 5.54 Å². The Morgan fingerprint density at radius 2 is 1.90 bits per heavy atom. The Hall–Kier alpha value is -1.14. The van der Waals surface area contributed by atoms with Crippen molar-refractivity contribution in [3.05, 3.63) is 0 Å². The number of amides is 1. The SMILES string of the molecule is NC1(C(=O)O)CCN(CC(=O)NC2CCCCCC2)C1. The van der Waals surface area contributed by atoms with E-state index in [2.05, 4.69) is 5.32 Å². The van der Waals surface area contributed by atoms with E-state index in [0.29, 0.717) is 13.0 Å². The maximum Gasteiger partial charge on any atom is 0.325 e. The number of carbonyl (C=O) groups excluding carboxylic acids is 1. The fraction of sp³-hybridized carbons (Fsp3) is 0.857. The molecule has 0 aromatic heterocycles. The van der Waals surface area contributed by atoms with Gasteiger partial charge in [-0.1, -0.05) is 25.7 Å². The Labute approximate surface area is 119 Å². The molecule has 1 aliphatic heterocycles. The monoisotopic (exact) mass is 283 g/mol. The number of likely N-dealkylation sites (tertiary alicyclic amines) is 1. The minimum atomic E-state index is -1.19. The van der Waals surface area contributed by atoms with Crippen molar-refractivity contribution in [3.63, 3.8) is 0 Å². The summed E-state index contributed by atoms with van der Waals surface area (Å²) in [5.74, 6) is -0.990. The van der Waals surface area contributed by atoms with E-state index in [-0.39, 0.29) is 25.0 Å². The molecule has 0 radical (unpaired) electrons. The number of nitrogens with two attached hydrogens (primary N) is 1. The molecule has 0 spiro atoms. The van der Waals surface area contributed by atoms with Gasteiger partial charge in [-0.25, -0.2) is 0 Å². The van der Waals surface area contributed by atoms with Crippen LogP contribution < -0.4 is 11.1 Å². The van der Waals surface area contributed by atoms with Crippen molar-refractivity contribution in [2.75, 3.05) is 19.6 Å². The van der Waals surface area contributed by atoms with Crippen LogP contribution in [-0.2, 0) is 9.59 Å². The van der Waals surface area contributed by atoms with E-state index in [0.717, 1.165) is 12.8 Å². The topological polar surface area (TPSA) is 95.7 Å². The molecular formula is C14H25N3O3. The van der Waals surface area contributed by atoms with Crippen molar-refractivity contribution < 1.29 is 14.7 Å². The molecule has 4 N–H and O–H groups in total. The van der Waals surface area contributed by atoms with Crippen molar-refractivity contribution in [1.82, 2.24) is 10.2 Å². The summed E-state index contributed by atoms with van der Waals surface area (Å²) >= 11 is 0. The Morgan fingerprint density at radius 1 is 1.25 bits per heavy atom. The molecule has 2 aliphatic rings. The number of hydrogen-bond acceptors (Lipinski definition) is 4. The fourth-order valence-electron chi connectivity index (χ4n) is 3.12. The van der Waals surface area contributed by atoms with Gasteiger partial charge in [-0.05, 0) is 19.3 Å². The lowest BCUT2D eigenvalue weighted by Gasteiger charge is -2.21.